The third kappa shape index (κ3) is 6.23. The Hall–Kier alpha value is -9.39. The van der Waals surface area contributed by atoms with E-state index in [0.29, 0.717) is 17.5 Å². The van der Waals surface area contributed by atoms with Crippen molar-refractivity contribution >= 4 is 65.6 Å². The van der Waals surface area contributed by atoms with E-state index in [-0.39, 0.29) is 0 Å². The molecular formula is C63H39N5O. The average Bonchev–Trinajstić information content (AvgIpc) is 4.09. The lowest BCUT2D eigenvalue weighted by Gasteiger charge is -2.16. The molecule has 10 aromatic carbocycles. The molecule has 0 N–H and O–H groups in total. The van der Waals surface area contributed by atoms with Gasteiger partial charge in [0.15, 0.2) is 28.6 Å². The number of hydrogen-bond donors (Lipinski definition) is 0. The van der Waals surface area contributed by atoms with Crippen molar-refractivity contribution in [3.8, 4) is 67.8 Å². The lowest BCUT2D eigenvalue weighted by Crippen LogP contribution is -2.01. The first-order valence-electron chi connectivity index (χ1n) is 23.3. The van der Waals surface area contributed by atoms with Crippen LogP contribution in [0.25, 0.3) is 133 Å². The van der Waals surface area contributed by atoms with Crippen molar-refractivity contribution in [1.29, 1.82) is 0 Å². The second kappa shape index (κ2) is 15.6. The standard InChI is InChI=1S/C63H39N5O/c1-4-18-40(19-5-1)43-34-35-50-49-28-10-13-30-53(49)67(57(50)39-43)56-33-17-29-51-52-37-36-46(58(60(52)69-59(51)56)68-54-31-14-11-26-47(54)48-27-12-15-32-55(48)68)44-24-16-25-45(38-44)63-65-61(41-20-6-2-7-21-41)64-62(66-63)42-22-8-3-9-23-42/h1-39H. The molecular weight excluding hydrogens is 843 g/mol. The van der Waals surface area contributed by atoms with E-state index < -0.39 is 0 Å². The molecule has 6 heteroatoms. The highest BCUT2D eigenvalue weighted by atomic mass is 16.3. The number of para-hydroxylation sites is 4. The fourth-order valence-electron chi connectivity index (χ4n) is 10.4. The van der Waals surface area contributed by atoms with Crippen LogP contribution in [0.15, 0.2) is 241 Å². The van der Waals surface area contributed by atoms with Crippen molar-refractivity contribution in [2.24, 2.45) is 0 Å². The minimum atomic E-state index is 0.596. The second-order valence-electron chi connectivity index (χ2n) is 17.5. The van der Waals surface area contributed by atoms with Gasteiger partial charge in [-0.1, -0.05) is 194 Å². The number of hydrogen-bond acceptors (Lipinski definition) is 4. The molecule has 0 unspecified atom stereocenters. The normalized spacial score (nSPS) is 11.8. The molecule has 14 aromatic rings. The third-order valence-electron chi connectivity index (χ3n) is 13.6. The van der Waals surface area contributed by atoms with Gasteiger partial charge in [0.2, 0.25) is 0 Å². The number of benzene rings is 10. The van der Waals surface area contributed by atoms with Crippen LogP contribution in [0.3, 0.4) is 0 Å². The van der Waals surface area contributed by atoms with Crippen molar-refractivity contribution in [1.82, 2.24) is 24.1 Å². The predicted molar refractivity (Wildman–Crippen MR) is 283 cm³/mol. The van der Waals surface area contributed by atoms with Crippen LogP contribution in [-0.4, -0.2) is 24.1 Å². The van der Waals surface area contributed by atoms with Crippen molar-refractivity contribution in [2.75, 3.05) is 0 Å². The Morgan fingerprint density at radius 1 is 0.275 bits per heavy atom. The Labute approximate surface area is 396 Å². The number of rotatable bonds is 7. The van der Waals surface area contributed by atoms with E-state index in [1.807, 2.05) is 60.7 Å². The van der Waals surface area contributed by atoms with Crippen LogP contribution in [0.1, 0.15) is 0 Å². The van der Waals surface area contributed by atoms with Crippen LogP contribution in [0, 0.1) is 0 Å². The molecule has 69 heavy (non-hydrogen) atoms. The van der Waals surface area contributed by atoms with Crippen LogP contribution in [0.4, 0.5) is 0 Å². The number of fused-ring (bicyclic) bond motifs is 9. The summed E-state index contributed by atoms with van der Waals surface area (Å²) in [6.45, 7) is 0. The third-order valence-corrected chi connectivity index (χ3v) is 13.6. The molecule has 0 saturated carbocycles. The van der Waals surface area contributed by atoms with Gasteiger partial charge < -0.3 is 13.6 Å². The molecule has 6 nitrogen and oxygen atoms in total. The second-order valence-corrected chi connectivity index (χ2v) is 17.5. The van der Waals surface area contributed by atoms with Gasteiger partial charge in [0.1, 0.15) is 0 Å². The molecule has 0 aliphatic carbocycles. The molecule has 0 fully saturated rings. The van der Waals surface area contributed by atoms with Crippen LogP contribution in [0.5, 0.6) is 0 Å². The minimum absolute atomic E-state index is 0.596. The molecule has 0 atom stereocenters. The lowest BCUT2D eigenvalue weighted by atomic mass is 9.98. The predicted octanol–water partition coefficient (Wildman–Crippen LogP) is 16.3. The van der Waals surface area contributed by atoms with Gasteiger partial charge in [-0.3, -0.25) is 0 Å². The van der Waals surface area contributed by atoms with Crippen molar-refractivity contribution < 1.29 is 4.42 Å². The maximum atomic E-state index is 7.50. The first kappa shape index (κ1) is 38.8. The molecule has 14 rings (SSSR count). The average molecular weight is 882 g/mol. The molecule has 0 spiro atoms. The van der Waals surface area contributed by atoms with E-state index in [4.69, 9.17) is 19.4 Å². The summed E-state index contributed by atoms with van der Waals surface area (Å²) < 4.78 is 12.3. The Morgan fingerprint density at radius 2 is 0.725 bits per heavy atom. The first-order chi connectivity index (χ1) is 34.2. The molecule has 322 valence electrons. The molecule has 0 saturated heterocycles. The van der Waals surface area contributed by atoms with Crippen LogP contribution in [0.2, 0.25) is 0 Å². The molecule has 4 aromatic heterocycles. The van der Waals surface area contributed by atoms with Gasteiger partial charge in [0, 0.05) is 54.6 Å². The summed E-state index contributed by atoms with van der Waals surface area (Å²) in [7, 11) is 0. The highest BCUT2D eigenvalue weighted by Gasteiger charge is 2.25. The summed E-state index contributed by atoms with van der Waals surface area (Å²) in [5.41, 5.74) is 15.1. The number of aromatic nitrogens is 5. The topological polar surface area (TPSA) is 61.7 Å². The molecule has 0 aliphatic rings. The van der Waals surface area contributed by atoms with E-state index in [1.165, 1.54) is 27.1 Å². The van der Waals surface area contributed by atoms with Gasteiger partial charge in [-0.2, -0.15) is 0 Å². The van der Waals surface area contributed by atoms with Crippen molar-refractivity contribution in [3.05, 3.63) is 237 Å². The highest BCUT2D eigenvalue weighted by molar-refractivity contribution is 6.17. The molecule has 4 heterocycles. The van der Waals surface area contributed by atoms with E-state index in [0.717, 1.165) is 88.8 Å². The zero-order chi connectivity index (χ0) is 45.4. The van der Waals surface area contributed by atoms with Crippen LogP contribution >= 0.6 is 0 Å². The fraction of sp³-hybridized carbons (Fsp3) is 0. The largest absolute Gasteiger partial charge is 0.452 e. The molecule has 0 bridgehead atoms. The van der Waals surface area contributed by atoms with E-state index in [9.17, 15) is 0 Å². The Bertz CT molecular complexity index is 4190. The molecule has 0 aliphatic heterocycles. The van der Waals surface area contributed by atoms with Crippen LogP contribution in [-0.2, 0) is 0 Å². The van der Waals surface area contributed by atoms with Gasteiger partial charge in [-0.15, -0.1) is 0 Å². The van der Waals surface area contributed by atoms with Gasteiger partial charge in [-0.05, 0) is 59.2 Å². The Balaban J connectivity index is 1.04. The summed E-state index contributed by atoms with van der Waals surface area (Å²) >= 11 is 0. The van der Waals surface area contributed by atoms with E-state index in [1.54, 1.807) is 0 Å². The van der Waals surface area contributed by atoms with Gasteiger partial charge >= 0.3 is 0 Å². The Kier molecular flexibility index (Phi) is 8.79. The number of nitrogens with zero attached hydrogens (tertiary/aromatic N) is 5. The maximum Gasteiger partial charge on any atom is 0.164 e. The molecule has 0 radical (unpaired) electrons. The summed E-state index contributed by atoms with van der Waals surface area (Å²) in [6, 6.07) is 83.3. The maximum absolute atomic E-state index is 7.50. The monoisotopic (exact) mass is 881 g/mol. The summed E-state index contributed by atoms with van der Waals surface area (Å²) in [4.78, 5) is 15.2. The summed E-state index contributed by atoms with van der Waals surface area (Å²) in [5, 5.41) is 6.81. The zero-order valence-electron chi connectivity index (χ0n) is 37.2. The Morgan fingerprint density at radius 3 is 1.35 bits per heavy atom. The van der Waals surface area contributed by atoms with Gasteiger partial charge in [0.25, 0.3) is 0 Å². The first-order valence-corrected chi connectivity index (χ1v) is 23.3. The SMILES string of the molecule is c1ccc(-c2ccc3c4ccccc4n(-c4cccc5c4oc4c(-n6c7ccccc7c7ccccc76)c(-c6cccc(-c7nc(-c8ccccc8)nc(-c8ccccc8)n7)c6)ccc45)c3c2)cc1. The highest BCUT2D eigenvalue weighted by Crippen LogP contribution is 2.45. The van der Waals surface area contributed by atoms with Gasteiger partial charge in [-0.25, -0.2) is 15.0 Å². The van der Waals surface area contributed by atoms with E-state index in [2.05, 4.69) is 185 Å². The summed E-state index contributed by atoms with van der Waals surface area (Å²) in [6.07, 6.45) is 0. The van der Waals surface area contributed by atoms with Crippen molar-refractivity contribution in [3.63, 3.8) is 0 Å². The zero-order valence-corrected chi connectivity index (χ0v) is 37.2. The lowest BCUT2D eigenvalue weighted by molar-refractivity contribution is 0.664. The van der Waals surface area contributed by atoms with E-state index >= 15 is 0 Å². The minimum Gasteiger partial charge on any atom is -0.452 e. The van der Waals surface area contributed by atoms with Gasteiger partial charge in [0.05, 0.1) is 33.4 Å². The summed E-state index contributed by atoms with van der Waals surface area (Å²) in [5.74, 6) is 1.84. The fourth-order valence-corrected chi connectivity index (χ4v) is 10.4. The molecule has 0 amide bonds. The number of furan rings is 1. The quantitative estimate of drug-likeness (QED) is 0.160. The smallest absolute Gasteiger partial charge is 0.164 e. The van der Waals surface area contributed by atoms with Crippen molar-refractivity contribution in [2.45, 2.75) is 0 Å². The van der Waals surface area contributed by atoms with Crippen LogP contribution < -0.4 is 0 Å².